The highest BCUT2D eigenvalue weighted by atomic mass is 15.0. The average molecular weight is 149 g/mol. The Morgan fingerprint density at radius 1 is 1.64 bits per heavy atom. The van der Waals surface area contributed by atoms with Gasteiger partial charge in [-0.05, 0) is 6.42 Å². The van der Waals surface area contributed by atoms with E-state index >= 15 is 0 Å². The van der Waals surface area contributed by atoms with E-state index in [0.717, 1.165) is 36.6 Å². The molecular weight excluding hydrogens is 138 g/mol. The van der Waals surface area contributed by atoms with Crippen LogP contribution in [0.2, 0.25) is 0 Å². The van der Waals surface area contributed by atoms with E-state index in [1.165, 1.54) is 0 Å². The van der Waals surface area contributed by atoms with Gasteiger partial charge in [-0.25, -0.2) is 4.98 Å². The number of nitrogens with one attached hydrogen (secondary N) is 1. The molecule has 0 atom stereocenters. The molecule has 58 valence electrons. The first-order valence-corrected chi connectivity index (χ1v) is 3.99. The molecule has 0 unspecified atom stereocenters. The number of hydrogen-bond acceptors (Lipinski definition) is 3. The van der Waals surface area contributed by atoms with Gasteiger partial charge in [0.1, 0.15) is 5.82 Å². The summed E-state index contributed by atoms with van der Waals surface area (Å²) in [5, 5.41) is 3.20. The van der Waals surface area contributed by atoms with Crippen LogP contribution >= 0.6 is 0 Å². The van der Waals surface area contributed by atoms with Gasteiger partial charge < -0.3 is 5.32 Å². The highest BCUT2D eigenvalue weighted by Gasteiger charge is 2.11. The molecule has 0 spiro atoms. The lowest BCUT2D eigenvalue weighted by molar-refractivity contribution is 0.977. The summed E-state index contributed by atoms with van der Waals surface area (Å²) in [5.41, 5.74) is 2.18. The second-order valence-corrected chi connectivity index (χ2v) is 2.69. The van der Waals surface area contributed by atoms with Gasteiger partial charge in [0.25, 0.3) is 0 Å². The van der Waals surface area contributed by atoms with Crippen LogP contribution in [0.1, 0.15) is 18.3 Å². The smallest absolute Gasteiger partial charge is 0.148 e. The fourth-order valence-electron chi connectivity index (χ4n) is 1.24. The van der Waals surface area contributed by atoms with Crippen molar-refractivity contribution in [1.29, 1.82) is 0 Å². The second-order valence-electron chi connectivity index (χ2n) is 2.69. The van der Waals surface area contributed by atoms with Crippen LogP contribution in [-0.2, 0) is 12.8 Å². The number of fused-ring (bicyclic) bond motifs is 1. The number of hydrogen-bond donors (Lipinski definition) is 1. The third kappa shape index (κ3) is 1.06. The summed E-state index contributed by atoms with van der Waals surface area (Å²) in [7, 11) is 0. The minimum absolute atomic E-state index is 0.960. The zero-order valence-corrected chi connectivity index (χ0v) is 6.59. The summed E-state index contributed by atoms with van der Waals surface area (Å²) in [5.74, 6) is 0.990. The fourth-order valence-corrected chi connectivity index (χ4v) is 1.24. The maximum atomic E-state index is 4.40. The second kappa shape index (κ2) is 2.49. The molecule has 2 heterocycles. The van der Waals surface area contributed by atoms with Crippen LogP contribution in [0.15, 0.2) is 6.20 Å². The van der Waals surface area contributed by atoms with Gasteiger partial charge in [-0.1, -0.05) is 6.92 Å². The van der Waals surface area contributed by atoms with Gasteiger partial charge >= 0.3 is 0 Å². The van der Waals surface area contributed by atoms with Crippen LogP contribution < -0.4 is 5.32 Å². The van der Waals surface area contributed by atoms with Gasteiger partial charge in [0, 0.05) is 19.2 Å². The van der Waals surface area contributed by atoms with Crippen molar-refractivity contribution in [2.24, 2.45) is 0 Å². The van der Waals surface area contributed by atoms with E-state index in [9.17, 15) is 0 Å². The first kappa shape index (κ1) is 6.58. The lowest BCUT2D eigenvalue weighted by atomic mass is 10.3. The van der Waals surface area contributed by atoms with Crippen LogP contribution in [0.25, 0.3) is 0 Å². The zero-order chi connectivity index (χ0) is 7.68. The molecule has 0 radical (unpaired) electrons. The number of nitrogens with zero attached hydrogens (tertiary/aromatic N) is 2. The molecule has 2 rings (SSSR count). The molecule has 0 saturated heterocycles. The third-order valence-corrected chi connectivity index (χ3v) is 1.91. The number of aryl methyl sites for hydroxylation is 1. The Hall–Kier alpha value is -1.12. The van der Waals surface area contributed by atoms with Gasteiger partial charge in [-0.2, -0.15) is 0 Å². The van der Waals surface area contributed by atoms with Gasteiger partial charge in [0.2, 0.25) is 0 Å². The molecular formula is C8H11N3. The molecule has 1 aromatic rings. The maximum absolute atomic E-state index is 4.40. The van der Waals surface area contributed by atoms with E-state index in [2.05, 4.69) is 22.2 Å². The fraction of sp³-hybridized carbons (Fsp3) is 0.500. The van der Waals surface area contributed by atoms with Crippen molar-refractivity contribution in [3.8, 4) is 0 Å². The number of aromatic nitrogens is 2. The molecule has 0 amide bonds. The van der Waals surface area contributed by atoms with E-state index in [1.54, 1.807) is 0 Å². The highest BCUT2D eigenvalue weighted by molar-refractivity contribution is 5.45. The summed E-state index contributed by atoms with van der Waals surface area (Å²) in [4.78, 5) is 8.70. The SMILES string of the molecule is CCc1cnc2c(n1)NCC2. The van der Waals surface area contributed by atoms with Crippen LogP contribution in [0.5, 0.6) is 0 Å². The van der Waals surface area contributed by atoms with Crippen LogP contribution in [0.4, 0.5) is 5.82 Å². The van der Waals surface area contributed by atoms with E-state index in [4.69, 9.17) is 0 Å². The van der Waals surface area contributed by atoms with Crippen LogP contribution in [0, 0.1) is 0 Å². The van der Waals surface area contributed by atoms with Crippen molar-refractivity contribution < 1.29 is 0 Å². The van der Waals surface area contributed by atoms with E-state index in [1.807, 2.05) is 6.20 Å². The molecule has 0 aliphatic carbocycles. The Morgan fingerprint density at radius 2 is 2.55 bits per heavy atom. The molecule has 1 aliphatic rings. The average Bonchev–Trinajstić information content (AvgIpc) is 2.50. The predicted octanol–water partition coefficient (Wildman–Crippen LogP) is 1.01. The zero-order valence-electron chi connectivity index (χ0n) is 6.59. The van der Waals surface area contributed by atoms with Crippen molar-refractivity contribution in [2.75, 3.05) is 11.9 Å². The maximum Gasteiger partial charge on any atom is 0.148 e. The molecule has 1 aromatic heterocycles. The Labute approximate surface area is 65.9 Å². The molecule has 0 fully saturated rings. The molecule has 1 N–H and O–H groups in total. The number of anilines is 1. The molecule has 11 heavy (non-hydrogen) atoms. The van der Waals surface area contributed by atoms with E-state index in [-0.39, 0.29) is 0 Å². The minimum Gasteiger partial charge on any atom is -0.368 e. The lowest BCUT2D eigenvalue weighted by Crippen LogP contribution is -1.96. The molecule has 0 bridgehead atoms. The molecule has 3 nitrogen and oxygen atoms in total. The largest absolute Gasteiger partial charge is 0.368 e. The summed E-state index contributed by atoms with van der Waals surface area (Å²) < 4.78 is 0. The topological polar surface area (TPSA) is 37.8 Å². The lowest BCUT2D eigenvalue weighted by Gasteiger charge is -1.99. The van der Waals surface area contributed by atoms with Crippen molar-refractivity contribution >= 4 is 5.82 Å². The first-order valence-electron chi connectivity index (χ1n) is 3.99. The third-order valence-electron chi connectivity index (χ3n) is 1.91. The number of rotatable bonds is 1. The molecule has 3 heteroatoms. The van der Waals surface area contributed by atoms with Gasteiger partial charge in [0.15, 0.2) is 0 Å². The summed E-state index contributed by atoms with van der Waals surface area (Å²) >= 11 is 0. The molecule has 1 aliphatic heterocycles. The van der Waals surface area contributed by atoms with Crippen LogP contribution in [-0.4, -0.2) is 16.5 Å². The van der Waals surface area contributed by atoms with Crippen molar-refractivity contribution in [1.82, 2.24) is 9.97 Å². The van der Waals surface area contributed by atoms with Crippen molar-refractivity contribution in [2.45, 2.75) is 19.8 Å². The molecule has 0 aromatic carbocycles. The monoisotopic (exact) mass is 149 g/mol. The Bertz CT molecular complexity index is 270. The van der Waals surface area contributed by atoms with Gasteiger partial charge in [-0.3, -0.25) is 4.98 Å². The van der Waals surface area contributed by atoms with Crippen LogP contribution in [0.3, 0.4) is 0 Å². The first-order chi connectivity index (χ1) is 5.40. The summed E-state index contributed by atoms with van der Waals surface area (Å²) in [6.07, 6.45) is 3.85. The van der Waals surface area contributed by atoms with Crippen molar-refractivity contribution in [3.63, 3.8) is 0 Å². The minimum atomic E-state index is 0.960. The van der Waals surface area contributed by atoms with Gasteiger partial charge in [-0.15, -0.1) is 0 Å². The Morgan fingerprint density at radius 3 is 3.36 bits per heavy atom. The highest BCUT2D eigenvalue weighted by Crippen LogP contribution is 2.16. The van der Waals surface area contributed by atoms with E-state index in [0.29, 0.717) is 0 Å². The van der Waals surface area contributed by atoms with Crippen molar-refractivity contribution in [3.05, 3.63) is 17.6 Å². The normalized spacial score (nSPS) is 14.3. The summed E-state index contributed by atoms with van der Waals surface area (Å²) in [6.45, 7) is 3.08. The summed E-state index contributed by atoms with van der Waals surface area (Å²) in [6, 6.07) is 0. The quantitative estimate of drug-likeness (QED) is 0.647. The van der Waals surface area contributed by atoms with Gasteiger partial charge in [0.05, 0.1) is 11.4 Å². The Kier molecular flexibility index (Phi) is 1.49. The molecule has 0 saturated carbocycles. The Balaban J connectivity index is 2.41. The standard InChI is InChI=1S/C8H11N3/c1-2-6-5-10-7-3-4-9-8(7)11-6/h5H,2-4H2,1H3,(H,9,11). The predicted molar refractivity (Wildman–Crippen MR) is 43.6 cm³/mol. The van der Waals surface area contributed by atoms with E-state index < -0.39 is 0 Å².